The highest BCUT2D eigenvalue weighted by molar-refractivity contribution is 7.87. The van der Waals surface area contributed by atoms with E-state index in [1.54, 1.807) is 0 Å². The summed E-state index contributed by atoms with van der Waals surface area (Å²) in [6.45, 7) is 0. The average Bonchev–Trinajstić information content (AvgIpc) is 0.786. The second-order valence-corrected chi connectivity index (χ2v) is 25.1. The van der Waals surface area contributed by atoms with E-state index in [-0.39, 0.29) is 65.8 Å². The van der Waals surface area contributed by atoms with Crippen molar-refractivity contribution in [2.75, 3.05) is 5.73 Å². The molecule has 0 atom stereocenters. The maximum Gasteiger partial charge on any atom is 0.425 e. The summed E-state index contributed by atoms with van der Waals surface area (Å²) in [4.78, 5) is -3.79. The van der Waals surface area contributed by atoms with Gasteiger partial charge in [-0.05, 0) is 83.6 Å². The molecule has 9 rings (SSSR count). The van der Waals surface area contributed by atoms with Crippen LogP contribution in [0.4, 0.5) is 51.2 Å². The van der Waals surface area contributed by atoms with E-state index < -0.39 is 153 Å². The number of aromatic hydroxyl groups is 3. The number of hydrogen-bond donors (Lipinski definition) is 9. The summed E-state index contributed by atoms with van der Waals surface area (Å²) >= 11 is 0. The number of phenolic OH excluding ortho intramolecular Hbond substituents is 3. The van der Waals surface area contributed by atoms with Crippen LogP contribution in [0.5, 0.6) is 17.2 Å². The van der Waals surface area contributed by atoms with E-state index in [9.17, 15) is 80.2 Å². The molecule has 0 aliphatic carbocycles. The third-order valence-electron chi connectivity index (χ3n) is 11.5. The van der Waals surface area contributed by atoms with Crippen molar-refractivity contribution in [1.29, 1.82) is 0 Å². The Bertz CT molecular complexity index is 5520. The fourth-order valence-electron chi connectivity index (χ4n) is 8.05. The zero-order valence-corrected chi connectivity index (χ0v) is 49.9. The van der Waals surface area contributed by atoms with Crippen LogP contribution in [0.15, 0.2) is 193 Å². The molecule has 470 valence electrons. The normalized spacial score (nSPS) is 12.2. The van der Waals surface area contributed by atoms with Crippen LogP contribution >= 0.6 is 0 Å². The van der Waals surface area contributed by atoms with Gasteiger partial charge in [-0.2, -0.15) is 47.2 Å². The molecule has 0 bridgehead atoms. The molecule has 9 aromatic carbocycles. The summed E-state index contributed by atoms with van der Waals surface area (Å²) in [5.41, 5.74) is 2.38. The molecule has 0 fully saturated rings. The maximum absolute atomic E-state index is 12.8. The van der Waals surface area contributed by atoms with Crippen molar-refractivity contribution in [2.45, 2.75) is 24.5 Å². The zero-order chi connectivity index (χ0) is 67.2. The number of anilines is 1. The van der Waals surface area contributed by atoms with Crippen molar-refractivity contribution in [3.05, 3.63) is 127 Å². The van der Waals surface area contributed by atoms with Crippen LogP contribution in [0.25, 0.3) is 43.1 Å². The Balaban J connectivity index is 0.000000987. The van der Waals surface area contributed by atoms with Crippen molar-refractivity contribution >= 4 is 177 Å². The fraction of sp³-hybridized carbons (Fsp3) is 0. The van der Waals surface area contributed by atoms with Crippen molar-refractivity contribution in [3.63, 3.8) is 0 Å². The van der Waals surface area contributed by atoms with Gasteiger partial charge in [-0.3, -0.25) is 22.8 Å². The number of benzene rings is 9. The molecule has 0 aliphatic rings. The van der Waals surface area contributed by atoms with Crippen LogP contribution in [0.3, 0.4) is 0 Å². The maximum atomic E-state index is 12.8. The first kappa shape index (κ1) is 69.1. The van der Waals surface area contributed by atoms with Crippen molar-refractivity contribution in [3.8, 4) is 17.2 Å². The van der Waals surface area contributed by atoms with Gasteiger partial charge in [0, 0.05) is 26.9 Å². The molecule has 0 saturated heterocycles. The van der Waals surface area contributed by atoms with Crippen molar-refractivity contribution in [1.82, 2.24) is 0 Å². The van der Waals surface area contributed by atoms with Gasteiger partial charge >= 0.3 is 31.8 Å². The molecule has 0 unspecified atom stereocenters. The molecule has 0 aromatic heterocycles. The standard InChI is InChI=1S/C46H31N9O18S5.3O3S/c47-40-39-23(10-14-33(45(39)58)52-53-34-16-12-27-28(46(34)78(71,72)73)13-15-32(43(27)56)51-50-31-7-3-4-8-36(31)75(62,63)64)20-37(76(65,66)67)41(40)54-48-24-11-9-22-19-38(77(68,69)70)42(44(57)29(22)21-24)55-49-30-17-18-35(74(59,60)61)26-6-2-1-5-25(26)30;3*1-4(2)3/h1-21,56-58H,47H2,(H,59,60,61)(H,62,63,64)(H,65,66,67)(H,68,69,70)(H,71,72,73);;;. The Kier molecular flexibility index (Phi) is 20.9. The summed E-state index contributed by atoms with van der Waals surface area (Å²) in [6, 6.07) is 24.8. The predicted molar refractivity (Wildman–Crippen MR) is 307 cm³/mol. The molecule has 0 radical (unpaired) electrons. The summed E-state index contributed by atoms with van der Waals surface area (Å²) in [6.07, 6.45) is 0. The van der Waals surface area contributed by atoms with E-state index in [0.717, 1.165) is 66.7 Å². The SMILES string of the molecule is Nc1c(N=Nc2ccc3cc(S(=O)(=O)O)c(N=Nc4ccc(S(=O)(=O)O)c5ccccc45)c(O)c3c2)c(S(=O)(=O)O)cc2ccc(N=Nc3ccc4c(O)c(N=Nc5ccccc5S(=O)(=O)O)ccc4c3S(=O)(=O)O)c(O)c12.O=S(=O)=O.O=S(=O)=O.O=S(=O)=O. The van der Waals surface area contributed by atoms with Gasteiger partial charge in [0.2, 0.25) is 0 Å². The van der Waals surface area contributed by atoms with Gasteiger partial charge in [-0.25, -0.2) is 0 Å². The lowest BCUT2D eigenvalue weighted by Gasteiger charge is -2.12. The van der Waals surface area contributed by atoms with E-state index in [4.69, 9.17) is 43.6 Å². The molecule has 0 aliphatic heterocycles. The van der Waals surface area contributed by atoms with Gasteiger partial charge in [0.25, 0.3) is 50.6 Å². The third-order valence-corrected chi connectivity index (χ3v) is 16.0. The molecule has 0 saturated carbocycles. The molecule has 0 amide bonds. The topological polar surface area (TPSA) is 611 Å². The summed E-state index contributed by atoms with van der Waals surface area (Å²) in [5.74, 6) is -2.38. The van der Waals surface area contributed by atoms with Crippen LogP contribution in [0, 0.1) is 0 Å². The Labute approximate surface area is 507 Å². The van der Waals surface area contributed by atoms with Crippen LogP contribution in [0.1, 0.15) is 0 Å². The number of fused-ring (bicyclic) bond motifs is 4. The third kappa shape index (κ3) is 16.6. The minimum Gasteiger partial charge on any atom is -0.505 e. The average molecular weight is 1400 g/mol. The lowest BCUT2D eigenvalue weighted by molar-refractivity contribution is 0.472. The van der Waals surface area contributed by atoms with E-state index in [0.29, 0.717) is 0 Å². The first-order valence-electron chi connectivity index (χ1n) is 22.8. The molecule has 44 heteroatoms. The molecular weight excluding hydrogens is 1370 g/mol. The quantitative estimate of drug-likeness (QED) is 0.0301. The predicted octanol–water partition coefficient (Wildman–Crippen LogP) is 7.88. The lowest BCUT2D eigenvalue weighted by Crippen LogP contribution is -2.01. The molecule has 10 N–H and O–H groups in total. The first-order chi connectivity index (χ1) is 41.7. The number of nitrogen functional groups attached to an aromatic ring is 1. The van der Waals surface area contributed by atoms with E-state index in [1.165, 1.54) is 60.7 Å². The number of nitrogens with two attached hydrogens (primary N) is 1. The number of hydrogen-bond acceptors (Lipinski definition) is 31. The fourth-order valence-corrected chi connectivity index (χ4v) is 11.5. The Morgan fingerprint density at radius 1 is 0.322 bits per heavy atom. The number of nitrogens with zero attached hydrogens (tertiary/aromatic N) is 8. The Morgan fingerprint density at radius 2 is 0.756 bits per heavy atom. The van der Waals surface area contributed by atoms with Crippen molar-refractivity contribution < 1.29 is 118 Å². The van der Waals surface area contributed by atoms with Crippen LogP contribution in [0.2, 0.25) is 0 Å². The Hall–Kier alpha value is -9.97. The molecule has 90 heavy (non-hydrogen) atoms. The lowest BCUT2D eigenvalue weighted by atomic mass is 10.1. The first-order valence-corrected chi connectivity index (χ1v) is 33.0. The summed E-state index contributed by atoms with van der Waals surface area (Å²) in [7, 11) is -34.3. The van der Waals surface area contributed by atoms with Gasteiger partial charge in [0.05, 0.1) is 22.4 Å². The molecule has 0 heterocycles. The van der Waals surface area contributed by atoms with Gasteiger partial charge in [0.1, 0.15) is 58.6 Å². The molecule has 9 aromatic rings. The number of azo groups is 4. The highest BCUT2D eigenvalue weighted by Crippen LogP contribution is 2.48. The van der Waals surface area contributed by atoms with E-state index in [1.807, 2.05) is 0 Å². The summed E-state index contributed by atoms with van der Waals surface area (Å²) < 4.78 is 250. The largest absolute Gasteiger partial charge is 0.505 e. The van der Waals surface area contributed by atoms with Crippen LogP contribution in [-0.4, -0.2) is 118 Å². The van der Waals surface area contributed by atoms with Gasteiger partial charge in [0.15, 0.2) is 17.2 Å². The highest BCUT2D eigenvalue weighted by Gasteiger charge is 2.27. The highest BCUT2D eigenvalue weighted by atomic mass is 32.2. The Morgan fingerprint density at radius 3 is 1.33 bits per heavy atom. The van der Waals surface area contributed by atoms with Gasteiger partial charge in [-0.1, -0.05) is 54.6 Å². The van der Waals surface area contributed by atoms with E-state index in [2.05, 4.69) is 40.9 Å². The minimum atomic E-state index is -5.20. The van der Waals surface area contributed by atoms with Gasteiger partial charge < -0.3 is 21.1 Å². The monoisotopic (exact) mass is 1400 g/mol. The van der Waals surface area contributed by atoms with Crippen molar-refractivity contribution in [2.24, 2.45) is 40.9 Å². The number of phenols is 3. The second kappa shape index (κ2) is 27.2. The molecule has 0 spiro atoms. The van der Waals surface area contributed by atoms with Crippen LogP contribution in [-0.2, 0) is 82.4 Å². The molecular formula is C46H31N9O27S8. The van der Waals surface area contributed by atoms with Crippen LogP contribution < -0.4 is 5.73 Å². The zero-order valence-electron chi connectivity index (χ0n) is 43.4. The molecule has 36 nitrogen and oxygen atoms in total. The number of rotatable bonds is 13. The smallest absolute Gasteiger partial charge is 0.425 e. The van der Waals surface area contributed by atoms with E-state index >= 15 is 0 Å². The summed E-state index contributed by atoms with van der Waals surface area (Å²) in [5, 5.41) is 64.2. The van der Waals surface area contributed by atoms with Gasteiger partial charge in [-0.15, -0.1) is 73.7 Å². The second-order valence-electron chi connectivity index (χ2n) is 17.0. The minimum absolute atomic E-state index is 0.0143.